The van der Waals surface area contributed by atoms with E-state index in [1.165, 1.54) is 0 Å². The van der Waals surface area contributed by atoms with E-state index in [0.717, 1.165) is 61.7 Å². The summed E-state index contributed by atoms with van der Waals surface area (Å²) in [6, 6.07) is 18.9. The normalized spacial score (nSPS) is 25.7. The smallest absolute Gasteiger partial charge is 0.0544 e. The number of nitrogens with one attached hydrogen (secondary N) is 3. The number of nitrogens with two attached hydrogens (primary N) is 1. The molecule has 3 aromatic rings. The van der Waals surface area contributed by atoms with Crippen LogP contribution in [0.25, 0.3) is 0 Å². The van der Waals surface area contributed by atoms with Crippen molar-refractivity contribution in [3.05, 3.63) is 109 Å². The number of nitrogens with zero attached hydrogens (tertiary/aromatic N) is 3. The summed E-state index contributed by atoms with van der Waals surface area (Å²) in [4.78, 5) is 13.0. The molecule has 294 valence electrons. The second kappa shape index (κ2) is 37.1. The van der Waals surface area contributed by atoms with Gasteiger partial charge in [0.05, 0.1) is 22.8 Å². The van der Waals surface area contributed by atoms with Crippen LogP contribution in [0.15, 0.2) is 67.0 Å². The summed E-state index contributed by atoms with van der Waals surface area (Å²) in [6.07, 6.45) is 15.2. The van der Waals surface area contributed by atoms with E-state index in [2.05, 4.69) is 91.7 Å². The minimum absolute atomic E-state index is 0. The Kier molecular flexibility index (Phi) is 42.4. The van der Waals surface area contributed by atoms with Gasteiger partial charge in [-0.25, -0.2) is 0 Å². The molecule has 3 saturated heterocycles. The Balaban J connectivity index is -0.000000715. The molecule has 0 bridgehead atoms. The van der Waals surface area contributed by atoms with Crippen molar-refractivity contribution in [2.45, 2.75) is 142 Å². The average molecular weight is 1220 g/mol. The fraction of sp³-hybridized carbons (Fsp3) is 0.550. The molecule has 3 aromatic heterocycles. The monoisotopic (exact) mass is 1220 g/mol. The second-order valence-electron chi connectivity index (χ2n) is 13.1. The number of hydrogen-bond acceptors (Lipinski definition) is 10. The van der Waals surface area contributed by atoms with Crippen molar-refractivity contribution in [2.75, 3.05) is 0 Å². The zero-order valence-electron chi connectivity index (χ0n) is 34.3. The maximum absolute atomic E-state index is 5.80. The van der Waals surface area contributed by atoms with Gasteiger partial charge in [-0.1, -0.05) is 94.7 Å². The van der Waals surface area contributed by atoms with Crippen molar-refractivity contribution < 1.29 is 210 Å². The van der Waals surface area contributed by atoms with Gasteiger partial charge in [0, 0.05) is 253 Å². The number of pyridine rings is 3. The molecule has 3 aliphatic rings. The topological polar surface area (TPSA) is 128 Å². The van der Waals surface area contributed by atoms with Crippen LogP contribution < -0.4 is 21.7 Å². The Morgan fingerprint density at radius 1 is 0.518 bits per heavy atom. The van der Waals surface area contributed by atoms with Crippen molar-refractivity contribution in [3.63, 3.8) is 0 Å². The van der Waals surface area contributed by atoms with Crippen molar-refractivity contribution >= 4 is 0 Å². The molecule has 3 unspecified atom stereocenters. The Bertz CT molecular complexity index is 1300. The maximum atomic E-state index is 5.80. The van der Waals surface area contributed by atoms with E-state index in [0.29, 0.717) is 36.9 Å². The summed E-state index contributed by atoms with van der Waals surface area (Å²) in [7, 11) is 0. The molecule has 6 heterocycles. The van der Waals surface area contributed by atoms with Crippen LogP contribution in [0.4, 0.5) is 0 Å². The van der Waals surface area contributed by atoms with Crippen LogP contribution >= 0.6 is 0 Å². The molecule has 5 N–H and O–H groups in total. The largest absolute Gasteiger partial charge is 0.408 e. The van der Waals surface area contributed by atoms with E-state index in [1.54, 1.807) is 0 Å². The van der Waals surface area contributed by atoms with Gasteiger partial charge in [0.25, 0.3) is 0 Å². The van der Waals surface area contributed by atoms with E-state index in [-0.39, 0.29) is 221 Å². The van der Waals surface area contributed by atoms with Gasteiger partial charge >= 0.3 is 0 Å². The first-order valence-corrected chi connectivity index (χ1v) is 18.5. The van der Waals surface area contributed by atoms with Crippen LogP contribution in [-0.2, 0) is 237 Å². The molecule has 6 rings (SSSR count). The van der Waals surface area contributed by atoms with Gasteiger partial charge < -0.3 is 35.9 Å². The van der Waals surface area contributed by atoms with E-state index in [1.807, 2.05) is 67.0 Å². The molecule has 3 aliphatic heterocycles. The summed E-state index contributed by atoms with van der Waals surface area (Å²) < 4.78 is 17.3. The molecule has 0 spiro atoms. The van der Waals surface area contributed by atoms with Gasteiger partial charge in [0.15, 0.2) is 0 Å². The minimum atomic E-state index is 0. The Hall–Kier alpha value is 3.79. The summed E-state index contributed by atoms with van der Waals surface area (Å²) in [5, 5.41) is 10.4. The SMILES string of the molecule is CC[C@@H]1[CH-]C(NCc2cccc(CN)n2)[C@H](C)O1.CC[C@@H]1[CH-]C(NCc2ccccn2)[C@H](C)O1.CC[C@@H]1[CH-]C(NCc2ccccn2)[C@H](C)O1.[Y].[Y].[Y].[Y].[Y].[Y]. The van der Waals surface area contributed by atoms with Gasteiger partial charge in [0.2, 0.25) is 0 Å². The third kappa shape index (κ3) is 23.6. The zero-order valence-corrected chi connectivity index (χ0v) is 51.4. The molecule has 0 saturated carbocycles. The summed E-state index contributed by atoms with van der Waals surface area (Å²) in [5.41, 5.74) is 9.69. The maximum Gasteiger partial charge on any atom is 0.0544 e. The summed E-state index contributed by atoms with van der Waals surface area (Å²) >= 11 is 0. The van der Waals surface area contributed by atoms with Crippen molar-refractivity contribution in [3.8, 4) is 0 Å². The molecule has 10 nitrogen and oxygen atoms in total. The van der Waals surface area contributed by atoms with E-state index in [4.69, 9.17) is 19.9 Å². The van der Waals surface area contributed by atoms with E-state index in [9.17, 15) is 0 Å². The van der Waals surface area contributed by atoms with Crippen molar-refractivity contribution in [2.24, 2.45) is 5.73 Å². The van der Waals surface area contributed by atoms with Crippen molar-refractivity contribution in [1.82, 2.24) is 30.9 Å². The first-order valence-electron chi connectivity index (χ1n) is 18.5. The molecular formula is C40H60N7O3Y6-3. The minimum Gasteiger partial charge on any atom is -0.408 e. The van der Waals surface area contributed by atoms with Crippen LogP contribution in [0.3, 0.4) is 0 Å². The number of rotatable bonds is 13. The van der Waals surface area contributed by atoms with Gasteiger partial charge in [-0.15, -0.1) is 0 Å². The molecule has 6 radical (unpaired) electrons. The predicted molar refractivity (Wildman–Crippen MR) is 199 cm³/mol. The molecule has 16 heteroatoms. The molecule has 0 aliphatic carbocycles. The van der Waals surface area contributed by atoms with Crippen LogP contribution in [0.2, 0.25) is 0 Å². The second-order valence-corrected chi connectivity index (χ2v) is 13.1. The quantitative estimate of drug-likeness (QED) is 0.168. The average Bonchev–Trinajstić information content (AvgIpc) is 3.84. The first-order chi connectivity index (χ1) is 24.3. The Labute approximate surface area is 489 Å². The summed E-state index contributed by atoms with van der Waals surface area (Å²) in [6.45, 7) is 15.6. The molecule has 0 amide bonds. The van der Waals surface area contributed by atoms with Gasteiger partial charge in [-0.05, 0) is 57.2 Å². The van der Waals surface area contributed by atoms with Crippen LogP contribution in [0.1, 0.15) is 83.6 Å². The van der Waals surface area contributed by atoms with Crippen LogP contribution in [0, 0.1) is 19.3 Å². The van der Waals surface area contributed by atoms with E-state index < -0.39 is 0 Å². The summed E-state index contributed by atoms with van der Waals surface area (Å²) in [5.74, 6) is 0. The van der Waals surface area contributed by atoms with E-state index >= 15 is 0 Å². The Morgan fingerprint density at radius 2 is 0.857 bits per heavy atom. The first kappa shape index (κ1) is 64.1. The van der Waals surface area contributed by atoms with Gasteiger partial charge in [-0.2, -0.15) is 0 Å². The Morgan fingerprint density at radius 3 is 1.16 bits per heavy atom. The van der Waals surface area contributed by atoms with Crippen LogP contribution in [-0.4, -0.2) is 69.7 Å². The van der Waals surface area contributed by atoms with Gasteiger partial charge in [0.1, 0.15) is 0 Å². The van der Waals surface area contributed by atoms with Gasteiger partial charge in [-0.3, -0.25) is 34.2 Å². The third-order valence-electron chi connectivity index (χ3n) is 9.24. The molecular weight excluding hydrogens is 1160 g/mol. The zero-order chi connectivity index (χ0) is 35.7. The molecule has 9 atom stereocenters. The molecule has 56 heavy (non-hydrogen) atoms. The molecule has 3 fully saturated rings. The standard InChI is InChI=1S/C14H22N3O.2C13H19N2O.6Y/c1-3-13-7-14(10(2)18-13)16-9-12-6-4-5-11(8-15)17-12;2*1-3-12-8-13(10(2)16-12)15-9-11-6-4-5-7-14-11;;;;;;/h4-7,10,13-14,16H,3,8-9,15H2,1-2H3;2*4-8,10,12-13,15H,3,9H2,1-2H3;;;;;;/q3*-1;;;;;;/t10-,13+,14?;2*10-,12+,13?;;;;;;/m000....../s1. The third-order valence-corrected chi connectivity index (χ3v) is 9.24. The number of ether oxygens (including phenoxy) is 3. The fourth-order valence-corrected chi connectivity index (χ4v) is 6.19. The predicted octanol–water partition coefficient (Wildman–Crippen LogP) is 5.27. The number of aromatic nitrogens is 3. The molecule has 0 aromatic carbocycles. The fourth-order valence-electron chi connectivity index (χ4n) is 6.19. The van der Waals surface area contributed by atoms with Crippen molar-refractivity contribution in [1.29, 1.82) is 0 Å². The number of hydrogen-bond donors (Lipinski definition) is 4. The van der Waals surface area contributed by atoms with Crippen LogP contribution in [0.5, 0.6) is 0 Å².